The van der Waals surface area contributed by atoms with Crippen LogP contribution in [0.2, 0.25) is 0 Å². The average molecular weight is 268 g/mol. The van der Waals surface area contributed by atoms with Crippen molar-refractivity contribution in [2.45, 2.75) is 39.5 Å². The monoisotopic (exact) mass is 268 g/mol. The predicted molar refractivity (Wildman–Crippen MR) is 66.8 cm³/mol. The Morgan fingerprint density at radius 2 is 1.26 bits per heavy atom. The highest BCUT2D eigenvalue weighted by Crippen LogP contribution is 2.01. The Morgan fingerprint density at radius 1 is 0.895 bits per heavy atom. The summed E-state index contributed by atoms with van der Waals surface area (Å²) in [4.78, 5) is 21.2. The maximum Gasteiger partial charge on any atom is 0.151 e. The first-order valence-electron chi connectivity index (χ1n) is 6.26. The minimum absolute atomic E-state index is 0.192. The van der Waals surface area contributed by atoms with Gasteiger partial charge in [-0.1, -0.05) is 0 Å². The Labute approximate surface area is 113 Å². The molecule has 0 heterocycles. The van der Waals surface area contributed by atoms with Gasteiger partial charge >= 0.3 is 0 Å². The number of carbonyl (C=O) groups excluding carboxylic acids is 2. The van der Waals surface area contributed by atoms with Gasteiger partial charge in [-0.25, -0.2) is 0 Å². The van der Waals surface area contributed by atoms with Gasteiger partial charge in [0.25, 0.3) is 0 Å². The van der Waals surface area contributed by atoms with Crippen molar-refractivity contribution >= 4 is 11.6 Å². The van der Waals surface area contributed by atoms with E-state index in [1.807, 2.05) is 0 Å². The van der Waals surface area contributed by atoms with Crippen LogP contribution in [0.3, 0.4) is 0 Å². The highest BCUT2D eigenvalue weighted by molar-refractivity contribution is 5.87. The van der Waals surface area contributed by atoms with Crippen LogP contribution < -0.4 is 10.2 Å². The summed E-state index contributed by atoms with van der Waals surface area (Å²) in [6, 6.07) is 0. The number of ether oxygens (including phenoxy) is 1. The zero-order valence-corrected chi connectivity index (χ0v) is 11.4. The molecule has 0 aliphatic heterocycles. The molecule has 0 aliphatic rings. The SMILES string of the molecule is CC(=O)C=C([O-])CCCOCCC/C([O-])=C/C(C)=O. The summed E-state index contributed by atoms with van der Waals surface area (Å²) >= 11 is 0. The van der Waals surface area contributed by atoms with Crippen molar-refractivity contribution in [1.82, 2.24) is 0 Å². The maximum absolute atomic E-state index is 11.1. The summed E-state index contributed by atoms with van der Waals surface area (Å²) in [6.45, 7) is 3.51. The van der Waals surface area contributed by atoms with E-state index < -0.39 is 0 Å². The lowest BCUT2D eigenvalue weighted by Gasteiger charge is -2.12. The zero-order valence-electron chi connectivity index (χ0n) is 11.4. The lowest BCUT2D eigenvalue weighted by atomic mass is 10.2. The Morgan fingerprint density at radius 3 is 1.58 bits per heavy atom. The molecule has 108 valence electrons. The van der Waals surface area contributed by atoms with Crippen molar-refractivity contribution < 1.29 is 24.5 Å². The second kappa shape index (κ2) is 10.3. The summed E-state index contributed by atoms with van der Waals surface area (Å²) in [7, 11) is 0. The molecule has 0 aromatic rings. The molecule has 0 N–H and O–H groups in total. The van der Waals surface area contributed by atoms with Gasteiger partial charge in [0.15, 0.2) is 11.6 Å². The normalized spacial score (nSPS) is 12.5. The molecule has 0 aromatic carbocycles. The van der Waals surface area contributed by atoms with Gasteiger partial charge in [0.05, 0.1) is 0 Å². The van der Waals surface area contributed by atoms with Crippen LogP contribution in [0, 0.1) is 0 Å². The molecule has 0 unspecified atom stereocenters. The molecule has 0 aromatic heterocycles. The molecule has 0 atom stereocenters. The number of hydrogen-bond donors (Lipinski definition) is 0. The molecule has 0 saturated heterocycles. The second-order valence-corrected chi connectivity index (χ2v) is 4.26. The number of rotatable bonds is 10. The lowest BCUT2D eigenvalue weighted by Crippen LogP contribution is -2.09. The van der Waals surface area contributed by atoms with E-state index in [9.17, 15) is 19.8 Å². The van der Waals surface area contributed by atoms with Crippen LogP contribution >= 0.6 is 0 Å². The summed E-state index contributed by atoms with van der Waals surface area (Å²) in [6.07, 6.45) is 3.84. The fraction of sp³-hybridized carbons (Fsp3) is 0.571. The largest absolute Gasteiger partial charge is 0.875 e. The molecule has 0 bridgehead atoms. The maximum atomic E-state index is 11.1. The van der Waals surface area contributed by atoms with Gasteiger partial charge in [-0.05, 0) is 51.7 Å². The van der Waals surface area contributed by atoms with E-state index in [-0.39, 0.29) is 35.9 Å². The van der Waals surface area contributed by atoms with Crippen LogP contribution in [-0.2, 0) is 14.3 Å². The Balaban J connectivity index is 3.52. The summed E-state index contributed by atoms with van der Waals surface area (Å²) in [5.74, 6) is -0.873. The first kappa shape index (κ1) is 17.4. The van der Waals surface area contributed by atoms with Crippen molar-refractivity contribution in [2.75, 3.05) is 13.2 Å². The van der Waals surface area contributed by atoms with E-state index in [1.54, 1.807) is 0 Å². The van der Waals surface area contributed by atoms with E-state index in [0.717, 1.165) is 12.2 Å². The topological polar surface area (TPSA) is 89.5 Å². The summed E-state index contributed by atoms with van der Waals surface area (Å²) in [5, 5.41) is 22.2. The van der Waals surface area contributed by atoms with Gasteiger partial charge in [0, 0.05) is 13.2 Å². The van der Waals surface area contributed by atoms with E-state index in [0.29, 0.717) is 26.1 Å². The number of hydrogen-bond acceptors (Lipinski definition) is 5. The predicted octanol–water partition coefficient (Wildman–Crippen LogP) is 0.230. The Bertz CT molecular complexity index is 321. The molecule has 19 heavy (non-hydrogen) atoms. The number of ketones is 2. The molecule has 0 aliphatic carbocycles. The van der Waals surface area contributed by atoms with Crippen molar-refractivity contribution in [3.05, 3.63) is 23.7 Å². The molecule has 0 spiro atoms. The smallest absolute Gasteiger partial charge is 0.151 e. The molecule has 5 heteroatoms. The van der Waals surface area contributed by atoms with Crippen LogP contribution in [0.5, 0.6) is 0 Å². The van der Waals surface area contributed by atoms with Crippen molar-refractivity contribution in [3.63, 3.8) is 0 Å². The standard InChI is InChI=1S/C14H22O5/c1-11(15)9-13(17)5-3-7-19-8-4-6-14(18)10-12(2)16/h9-10,17-18H,3-8H2,1-2H3/p-2/b13-9-,14-10?. The first-order chi connectivity index (χ1) is 8.91. The van der Waals surface area contributed by atoms with Crippen LogP contribution in [0.4, 0.5) is 0 Å². The second-order valence-electron chi connectivity index (χ2n) is 4.26. The third kappa shape index (κ3) is 12.6. The van der Waals surface area contributed by atoms with Crippen LogP contribution in [-0.4, -0.2) is 24.8 Å². The van der Waals surface area contributed by atoms with Crippen molar-refractivity contribution in [3.8, 4) is 0 Å². The number of allylic oxidation sites excluding steroid dienone is 4. The van der Waals surface area contributed by atoms with Gasteiger partial charge in [-0.15, -0.1) is 11.5 Å². The van der Waals surface area contributed by atoms with Gasteiger partial charge in [-0.3, -0.25) is 9.59 Å². The molecule has 0 saturated carbocycles. The molecule has 0 radical (unpaired) electrons. The van der Waals surface area contributed by atoms with Crippen molar-refractivity contribution in [2.24, 2.45) is 0 Å². The minimum Gasteiger partial charge on any atom is -0.875 e. The Hall–Kier alpha value is -1.62. The zero-order chi connectivity index (χ0) is 14.7. The van der Waals surface area contributed by atoms with Crippen molar-refractivity contribution in [1.29, 1.82) is 0 Å². The molecule has 5 nitrogen and oxygen atoms in total. The van der Waals surface area contributed by atoms with Gasteiger partial charge in [0.1, 0.15) is 0 Å². The van der Waals surface area contributed by atoms with E-state index in [4.69, 9.17) is 4.74 Å². The fourth-order valence-electron chi connectivity index (χ4n) is 1.40. The van der Waals surface area contributed by atoms with E-state index in [1.165, 1.54) is 13.8 Å². The van der Waals surface area contributed by atoms with Gasteiger partial charge in [-0.2, -0.15) is 0 Å². The first-order valence-corrected chi connectivity index (χ1v) is 6.26. The van der Waals surface area contributed by atoms with E-state index in [2.05, 4.69) is 0 Å². The minimum atomic E-state index is -0.244. The molecule has 0 amide bonds. The Kier molecular flexibility index (Phi) is 9.44. The highest BCUT2D eigenvalue weighted by atomic mass is 16.5. The quantitative estimate of drug-likeness (QED) is 0.321. The third-order valence-electron chi connectivity index (χ3n) is 2.15. The van der Waals surface area contributed by atoms with Gasteiger partial charge < -0.3 is 14.9 Å². The lowest BCUT2D eigenvalue weighted by molar-refractivity contribution is -0.307. The summed E-state index contributed by atoms with van der Waals surface area (Å²) < 4.78 is 5.24. The summed E-state index contributed by atoms with van der Waals surface area (Å²) in [5.41, 5.74) is 0. The molecule has 0 fully saturated rings. The van der Waals surface area contributed by atoms with Crippen LogP contribution in [0.1, 0.15) is 39.5 Å². The molecular formula is C14H20O5-2. The highest BCUT2D eigenvalue weighted by Gasteiger charge is 1.92. The van der Waals surface area contributed by atoms with Crippen LogP contribution in [0.25, 0.3) is 0 Å². The molecular weight excluding hydrogens is 248 g/mol. The number of carbonyl (C=O) groups is 2. The fourth-order valence-corrected chi connectivity index (χ4v) is 1.40. The van der Waals surface area contributed by atoms with E-state index >= 15 is 0 Å². The van der Waals surface area contributed by atoms with Crippen LogP contribution in [0.15, 0.2) is 23.7 Å². The molecule has 0 rings (SSSR count). The average Bonchev–Trinajstić information content (AvgIpc) is 2.25. The van der Waals surface area contributed by atoms with Gasteiger partial charge in [0.2, 0.25) is 0 Å². The third-order valence-corrected chi connectivity index (χ3v) is 2.15.